The van der Waals surface area contributed by atoms with Crippen LogP contribution in [0.25, 0.3) is 0 Å². The molecule has 1 heterocycles. The number of nitrogens with two attached hydrogens (primary N) is 1. The van der Waals surface area contributed by atoms with Gasteiger partial charge in [-0.25, -0.2) is 11.0 Å². The van der Waals surface area contributed by atoms with Gasteiger partial charge in [0.15, 0.2) is 5.17 Å². The van der Waals surface area contributed by atoms with Crippen LogP contribution >= 0.6 is 11.8 Å². The van der Waals surface area contributed by atoms with Gasteiger partial charge in [-0.3, -0.25) is 0 Å². The number of nitrogens with one attached hydrogen (secondary N) is 1. The Kier molecular flexibility index (Phi) is 5.86. The minimum atomic E-state index is 0.758. The Balaban J connectivity index is 2.19. The molecule has 0 aromatic carbocycles. The molecule has 0 fully saturated rings. The van der Waals surface area contributed by atoms with Crippen LogP contribution in [0.4, 0.5) is 0 Å². The van der Waals surface area contributed by atoms with Crippen LogP contribution in [0.3, 0.4) is 0 Å². The van der Waals surface area contributed by atoms with E-state index in [1.54, 1.807) is 11.8 Å². The number of nitrogens with zero attached hydrogens (tertiary/aromatic N) is 2. The van der Waals surface area contributed by atoms with E-state index in [0.717, 1.165) is 23.5 Å². The quantitative estimate of drug-likeness (QED) is 0.685. The third kappa shape index (κ3) is 4.75. The summed E-state index contributed by atoms with van der Waals surface area (Å²) < 4.78 is 0. The van der Waals surface area contributed by atoms with E-state index < -0.39 is 0 Å². The summed E-state index contributed by atoms with van der Waals surface area (Å²) in [6.07, 6.45) is 5.15. The average Bonchev–Trinajstić information content (AvgIpc) is 2.65. The summed E-state index contributed by atoms with van der Waals surface area (Å²) in [5, 5.41) is 9.96. The van der Waals surface area contributed by atoms with Crippen LogP contribution in [0.1, 0.15) is 39.5 Å². The molecule has 0 amide bonds. The highest BCUT2D eigenvalue weighted by Crippen LogP contribution is 2.14. The van der Waals surface area contributed by atoms with Crippen molar-refractivity contribution in [1.82, 2.24) is 10.4 Å². The van der Waals surface area contributed by atoms with Gasteiger partial charge in [0.1, 0.15) is 5.88 Å². The lowest BCUT2D eigenvalue weighted by Crippen LogP contribution is -2.26. The van der Waals surface area contributed by atoms with Gasteiger partial charge in [-0.05, 0) is 12.3 Å². The fraction of sp³-hybridized carbons (Fsp3) is 0.900. The average molecular weight is 230 g/mol. The number of hydrazone groups is 1. The van der Waals surface area contributed by atoms with Crippen LogP contribution in [-0.4, -0.2) is 22.7 Å². The lowest BCUT2D eigenvalue weighted by Gasteiger charge is -2.15. The number of thioether (sulfide) groups is 1. The van der Waals surface area contributed by atoms with Crippen LogP contribution in [0.2, 0.25) is 0 Å². The molecule has 1 rings (SSSR count). The molecule has 0 spiro atoms. The van der Waals surface area contributed by atoms with E-state index in [1.807, 2.05) is 0 Å². The summed E-state index contributed by atoms with van der Waals surface area (Å²) in [5.41, 5.74) is 0. The number of amidine groups is 1. The molecule has 0 radical (unpaired) electrons. The molecular formula is C10H22N4S. The summed E-state index contributed by atoms with van der Waals surface area (Å²) in [4.78, 5) is 0. The first-order valence-electron chi connectivity index (χ1n) is 5.73. The maximum absolute atomic E-state index is 5.53. The van der Waals surface area contributed by atoms with E-state index in [-0.39, 0.29) is 0 Å². The molecule has 1 unspecified atom stereocenters. The van der Waals surface area contributed by atoms with Crippen molar-refractivity contribution in [2.24, 2.45) is 16.9 Å². The van der Waals surface area contributed by atoms with Crippen molar-refractivity contribution in [3.05, 3.63) is 0 Å². The van der Waals surface area contributed by atoms with Crippen molar-refractivity contribution in [2.45, 2.75) is 39.5 Å². The molecule has 0 aromatic heterocycles. The number of unbranched alkanes of at least 4 members (excludes halogenated alkanes) is 1. The summed E-state index contributed by atoms with van der Waals surface area (Å²) in [6.45, 7) is 5.51. The van der Waals surface area contributed by atoms with Crippen LogP contribution < -0.4 is 11.2 Å². The van der Waals surface area contributed by atoms with Crippen molar-refractivity contribution < 1.29 is 0 Å². The summed E-state index contributed by atoms with van der Waals surface area (Å²) in [7, 11) is 0. The Bertz CT molecular complexity index is 208. The van der Waals surface area contributed by atoms with Crippen molar-refractivity contribution >= 4 is 16.9 Å². The molecule has 3 N–H and O–H groups in total. The van der Waals surface area contributed by atoms with Gasteiger partial charge in [-0.1, -0.05) is 44.9 Å². The van der Waals surface area contributed by atoms with Crippen LogP contribution in [-0.2, 0) is 0 Å². The Hall–Kier alpha value is -0.420. The first kappa shape index (κ1) is 12.6. The molecule has 88 valence electrons. The second-order valence-corrected chi connectivity index (χ2v) is 4.85. The summed E-state index contributed by atoms with van der Waals surface area (Å²) in [6, 6.07) is 0. The highest BCUT2D eigenvalue weighted by atomic mass is 32.2. The Morgan fingerprint density at radius 3 is 2.93 bits per heavy atom. The van der Waals surface area contributed by atoms with E-state index in [1.165, 1.54) is 30.8 Å². The van der Waals surface area contributed by atoms with Gasteiger partial charge in [-0.2, -0.15) is 0 Å². The fourth-order valence-corrected chi connectivity index (χ4v) is 2.22. The third-order valence-electron chi connectivity index (χ3n) is 2.64. The third-order valence-corrected chi connectivity index (χ3v) is 3.53. The zero-order valence-electron chi connectivity index (χ0n) is 9.70. The molecule has 0 bridgehead atoms. The first-order valence-corrected chi connectivity index (χ1v) is 6.72. The Labute approximate surface area is 96.6 Å². The Morgan fingerprint density at radius 1 is 1.60 bits per heavy atom. The number of hydrazine groups is 1. The molecule has 0 aromatic rings. The summed E-state index contributed by atoms with van der Waals surface area (Å²) >= 11 is 1.67. The molecule has 0 saturated heterocycles. The maximum Gasteiger partial charge on any atom is 0.184 e. The number of rotatable bonds is 6. The smallest absolute Gasteiger partial charge is 0.184 e. The molecule has 1 aliphatic heterocycles. The number of hydrogen-bond donors (Lipinski definition) is 2. The van der Waals surface area contributed by atoms with Crippen molar-refractivity contribution in [2.75, 3.05) is 12.4 Å². The van der Waals surface area contributed by atoms with Crippen LogP contribution in [0.15, 0.2) is 5.10 Å². The van der Waals surface area contributed by atoms with Gasteiger partial charge >= 0.3 is 0 Å². The molecule has 5 heteroatoms. The van der Waals surface area contributed by atoms with Gasteiger partial charge < -0.3 is 5.32 Å². The molecular weight excluding hydrogens is 208 g/mol. The van der Waals surface area contributed by atoms with Crippen molar-refractivity contribution in [3.8, 4) is 0 Å². The van der Waals surface area contributed by atoms with Crippen LogP contribution in [0, 0.1) is 5.92 Å². The van der Waals surface area contributed by atoms with Gasteiger partial charge in [0.2, 0.25) is 0 Å². The second kappa shape index (κ2) is 6.95. The van der Waals surface area contributed by atoms with Gasteiger partial charge in [0.05, 0.1) is 0 Å². The minimum absolute atomic E-state index is 0.758. The van der Waals surface area contributed by atoms with E-state index in [2.05, 4.69) is 24.3 Å². The van der Waals surface area contributed by atoms with Gasteiger partial charge in [0.25, 0.3) is 0 Å². The molecule has 0 aliphatic carbocycles. The Morgan fingerprint density at radius 2 is 2.40 bits per heavy atom. The van der Waals surface area contributed by atoms with Crippen molar-refractivity contribution in [3.63, 3.8) is 0 Å². The zero-order chi connectivity index (χ0) is 11.1. The molecule has 4 nitrogen and oxygen atoms in total. The normalized spacial score (nSPS) is 17.8. The highest BCUT2D eigenvalue weighted by Gasteiger charge is 2.13. The van der Waals surface area contributed by atoms with E-state index >= 15 is 0 Å². The first-order chi connectivity index (χ1) is 7.26. The highest BCUT2D eigenvalue weighted by molar-refractivity contribution is 8.14. The molecule has 1 atom stereocenters. The van der Waals surface area contributed by atoms with Crippen molar-refractivity contribution in [1.29, 1.82) is 0 Å². The van der Waals surface area contributed by atoms with Crippen LogP contribution in [0.5, 0.6) is 0 Å². The van der Waals surface area contributed by atoms with E-state index in [0.29, 0.717) is 0 Å². The minimum Gasteiger partial charge on any atom is -0.363 e. The monoisotopic (exact) mass is 230 g/mol. The summed E-state index contributed by atoms with van der Waals surface area (Å²) in [5.74, 6) is 7.05. The standard InChI is InChI=1S/C10H22N4S/c1-3-5-6-9(4-2)7-12-10-13-14(11)8-15-10/h9H,3-8,11H2,1-2H3,(H,12,13). The second-order valence-electron chi connectivity index (χ2n) is 3.92. The lowest BCUT2D eigenvalue weighted by atomic mass is 10.00. The lowest BCUT2D eigenvalue weighted by molar-refractivity contribution is 0.362. The van der Waals surface area contributed by atoms with Gasteiger partial charge in [-0.15, -0.1) is 5.10 Å². The predicted octanol–water partition coefficient (Wildman–Crippen LogP) is 1.94. The fourth-order valence-electron chi connectivity index (χ4n) is 1.56. The predicted molar refractivity (Wildman–Crippen MR) is 67.2 cm³/mol. The molecule has 0 saturated carbocycles. The number of hydrogen-bond acceptors (Lipinski definition) is 5. The SMILES string of the molecule is CCCCC(CC)CNC1=NN(N)CS1. The van der Waals surface area contributed by atoms with Gasteiger partial charge in [0, 0.05) is 6.54 Å². The largest absolute Gasteiger partial charge is 0.363 e. The molecule has 1 aliphatic rings. The topological polar surface area (TPSA) is 53.7 Å². The molecule has 15 heavy (non-hydrogen) atoms. The zero-order valence-corrected chi connectivity index (χ0v) is 10.5. The van der Waals surface area contributed by atoms with E-state index in [4.69, 9.17) is 5.84 Å². The maximum atomic E-state index is 5.53. The van der Waals surface area contributed by atoms with E-state index in [9.17, 15) is 0 Å².